The quantitative estimate of drug-likeness (QED) is 0.642. The lowest BCUT2D eigenvalue weighted by molar-refractivity contribution is -0.174. The number of hydrogen-bond donors (Lipinski definition) is 1. The summed E-state index contributed by atoms with van der Waals surface area (Å²) in [6.07, 6.45) is -3.67. The summed E-state index contributed by atoms with van der Waals surface area (Å²) < 4.78 is 44.8. The number of alkyl halides is 3. The third-order valence-electron chi connectivity index (χ3n) is 2.29. The van der Waals surface area contributed by atoms with Gasteiger partial charge >= 0.3 is 6.18 Å². The molecule has 0 rings (SSSR count). The highest BCUT2D eigenvalue weighted by molar-refractivity contribution is 4.69. The Morgan fingerprint density at radius 3 is 2.35 bits per heavy atom. The second-order valence-electron chi connectivity index (χ2n) is 4.28. The van der Waals surface area contributed by atoms with Crippen molar-refractivity contribution >= 4 is 0 Å². The standard InChI is InChI=1S/C11H22F3NO2/c1-9(2)10(7-16-3)15-5-4-6-17-8-11(12,13)14/h9-10,15H,4-8H2,1-3H3. The topological polar surface area (TPSA) is 30.5 Å². The van der Waals surface area contributed by atoms with Gasteiger partial charge in [0.1, 0.15) is 6.61 Å². The van der Waals surface area contributed by atoms with Crippen LogP contribution in [0.5, 0.6) is 0 Å². The van der Waals surface area contributed by atoms with Crippen molar-refractivity contribution in [2.75, 3.05) is 33.5 Å². The molecule has 0 aromatic rings. The Morgan fingerprint density at radius 1 is 1.24 bits per heavy atom. The van der Waals surface area contributed by atoms with Crippen LogP contribution in [0.4, 0.5) is 13.2 Å². The van der Waals surface area contributed by atoms with Crippen molar-refractivity contribution in [3.8, 4) is 0 Å². The predicted molar refractivity (Wildman–Crippen MR) is 60.0 cm³/mol. The molecule has 0 aliphatic carbocycles. The minimum Gasteiger partial charge on any atom is -0.383 e. The maximum atomic E-state index is 11.7. The summed E-state index contributed by atoms with van der Waals surface area (Å²) >= 11 is 0. The fourth-order valence-electron chi connectivity index (χ4n) is 1.32. The minimum atomic E-state index is -4.23. The van der Waals surface area contributed by atoms with E-state index in [0.29, 0.717) is 25.5 Å². The predicted octanol–water partition coefficient (Wildman–Crippen LogP) is 2.22. The first-order valence-electron chi connectivity index (χ1n) is 5.73. The van der Waals surface area contributed by atoms with Crippen molar-refractivity contribution in [3.63, 3.8) is 0 Å². The van der Waals surface area contributed by atoms with E-state index in [1.807, 2.05) is 0 Å². The molecule has 0 heterocycles. The normalized spacial score (nSPS) is 14.3. The molecule has 1 atom stereocenters. The van der Waals surface area contributed by atoms with Crippen molar-refractivity contribution < 1.29 is 22.6 Å². The molecule has 0 aliphatic heterocycles. The Balaban J connectivity index is 3.49. The van der Waals surface area contributed by atoms with E-state index in [4.69, 9.17) is 4.74 Å². The van der Waals surface area contributed by atoms with Crippen molar-refractivity contribution in [2.24, 2.45) is 5.92 Å². The van der Waals surface area contributed by atoms with E-state index < -0.39 is 12.8 Å². The molecule has 0 fully saturated rings. The summed E-state index contributed by atoms with van der Waals surface area (Å²) in [6, 6.07) is 0.225. The summed E-state index contributed by atoms with van der Waals surface area (Å²) in [5.41, 5.74) is 0. The van der Waals surface area contributed by atoms with Gasteiger partial charge in [-0.25, -0.2) is 0 Å². The van der Waals surface area contributed by atoms with Crippen molar-refractivity contribution in [1.82, 2.24) is 5.32 Å². The maximum absolute atomic E-state index is 11.7. The van der Waals surface area contributed by atoms with Crippen LogP contribution in [0.3, 0.4) is 0 Å². The van der Waals surface area contributed by atoms with E-state index in [-0.39, 0.29) is 12.6 Å². The first kappa shape index (κ1) is 16.7. The molecule has 1 N–H and O–H groups in total. The fraction of sp³-hybridized carbons (Fsp3) is 1.00. The zero-order valence-corrected chi connectivity index (χ0v) is 10.6. The summed E-state index contributed by atoms with van der Waals surface area (Å²) in [5, 5.41) is 3.23. The Kier molecular flexibility index (Phi) is 8.55. The van der Waals surface area contributed by atoms with Crippen LogP contribution in [0.1, 0.15) is 20.3 Å². The van der Waals surface area contributed by atoms with E-state index in [1.54, 1.807) is 7.11 Å². The number of rotatable bonds is 9. The fourth-order valence-corrected chi connectivity index (χ4v) is 1.32. The molecule has 0 aliphatic rings. The first-order valence-corrected chi connectivity index (χ1v) is 5.73. The third-order valence-corrected chi connectivity index (χ3v) is 2.29. The van der Waals surface area contributed by atoms with Crippen LogP contribution < -0.4 is 5.32 Å². The lowest BCUT2D eigenvalue weighted by Crippen LogP contribution is -2.38. The molecule has 0 aromatic carbocycles. The SMILES string of the molecule is COCC(NCCCOCC(F)(F)F)C(C)C. The number of halogens is 3. The van der Waals surface area contributed by atoms with E-state index in [2.05, 4.69) is 23.9 Å². The van der Waals surface area contributed by atoms with Crippen molar-refractivity contribution in [2.45, 2.75) is 32.5 Å². The molecule has 0 radical (unpaired) electrons. The first-order chi connectivity index (χ1) is 7.87. The second kappa shape index (κ2) is 8.72. The number of methoxy groups -OCH3 is 1. The zero-order valence-electron chi connectivity index (χ0n) is 10.6. The lowest BCUT2D eigenvalue weighted by atomic mass is 10.1. The molecule has 0 spiro atoms. The summed E-state index contributed by atoms with van der Waals surface area (Å²) in [6.45, 7) is 4.31. The average molecular weight is 257 g/mol. The maximum Gasteiger partial charge on any atom is 0.411 e. The van der Waals surface area contributed by atoms with Gasteiger partial charge in [0.05, 0.1) is 6.61 Å². The van der Waals surface area contributed by atoms with Gasteiger partial charge in [-0.15, -0.1) is 0 Å². The van der Waals surface area contributed by atoms with Gasteiger partial charge in [-0.3, -0.25) is 0 Å². The third kappa shape index (κ3) is 10.5. The molecule has 104 valence electrons. The minimum absolute atomic E-state index is 0.115. The summed E-state index contributed by atoms with van der Waals surface area (Å²) in [4.78, 5) is 0. The van der Waals surface area contributed by atoms with E-state index in [0.717, 1.165) is 0 Å². The highest BCUT2D eigenvalue weighted by Gasteiger charge is 2.27. The second-order valence-corrected chi connectivity index (χ2v) is 4.28. The average Bonchev–Trinajstić information content (AvgIpc) is 2.19. The van der Waals surface area contributed by atoms with Crippen molar-refractivity contribution in [1.29, 1.82) is 0 Å². The molecule has 1 unspecified atom stereocenters. The zero-order chi connectivity index (χ0) is 13.3. The van der Waals surface area contributed by atoms with Crippen LogP contribution in [0.25, 0.3) is 0 Å². The van der Waals surface area contributed by atoms with E-state index >= 15 is 0 Å². The van der Waals surface area contributed by atoms with Gasteiger partial charge in [0.2, 0.25) is 0 Å². The van der Waals surface area contributed by atoms with Crippen LogP contribution in [-0.4, -0.2) is 45.7 Å². The largest absolute Gasteiger partial charge is 0.411 e. The van der Waals surface area contributed by atoms with Crippen LogP contribution >= 0.6 is 0 Å². The van der Waals surface area contributed by atoms with Gasteiger partial charge < -0.3 is 14.8 Å². The Hall–Kier alpha value is -0.330. The molecule has 0 bridgehead atoms. The Bertz CT molecular complexity index is 186. The van der Waals surface area contributed by atoms with Crippen LogP contribution in [0.2, 0.25) is 0 Å². The van der Waals surface area contributed by atoms with Gasteiger partial charge in [0.25, 0.3) is 0 Å². The van der Waals surface area contributed by atoms with Crippen molar-refractivity contribution in [3.05, 3.63) is 0 Å². The van der Waals surface area contributed by atoms with Crippen LogP contribution in [0.15, 0.2) is 0 Å². The number of hydrogen-bond acceptors (Lipinski definition) is 3. The number of nitrogens with one attached hydrogen (secondary N) is 1. The molecule has 17 heavy (non-hydrogen) atoms. The number of ether oxygens (including phenoxy) is 2. The lowest BCUT2D eigenvalue weighted by Gasteiger charge is -2.21. The molecular formula is C11H22F3NO2. The molecule has 0 aromatic heterocycles. The molecule has 0 saturated carbocycles. The molecule has 0 saturated heterocycles. The van der Waals surface area contributed by atoms with Gasteiger partial charge in [-0.1, -0.05) is 13.8 Å². The highest BCUT2D eigenvalue weighted by atomic mass is 19.4. The van der Waals surface area contributed by atoms with Gasteiger partial charge in [0, 0.05) is 19.8 Å². The summed E-state index contributed by atoms with van der Waals surface area (Å²) in [7, 11) is 1.63. The van der Waals surface area contributed by atoms with Crippen LogP contribution in [0, 0.1) is 5.92 Å². The van der Waals surface area contributed by atoms with Gasteiger partial charge in [-0.05, 0) is 18.9 Å². The van der Waals surface area contributed by atoms with Crippen LogP contribution in [-0.2, 0) is 9.47 Å². The molecule has 0 amide bonds. The Labute approximate surface area is 101 Å². The highest BCUT2D eigenvalue weighted by Crippen LogP contribution is 2.14. The molecule has 6 heteroatoms. The van der Waals surface area contributed by atoms with Gasteiger partial charge in [-0.2, -0.15) is 13.2 Å². The monoisotopic (exact) mass is 257 g/mol. The Morgan fingerprint density at radius 2 is 1.88 bits per heavy atom. The van der Waals surface area contributed by atoms with E-state index in [1.165, 1.54) is 0 Å². The molecule has 3 nitrogen and oxygen atoms in total. The van der Waals surface area contributed by atoms with E-state index in [9.17, 15) is 13.2 Å². The molecular weight excluding hydrogens is 235 g/mol. The summed E-state index contributed by atoms with van der Waals surface area (Å²) in [5.74, 6) is 0.422. The smallest absolute Gasteiger partial charge is 0.383 e. The van der Waals surface area contributed by atoms with Gasteiger partial charge in [0.15, 0.2) is 0 Å².